The zero-order chi connectivity index (χ0) is 14.1. The number of nitrogens with zero attached hydrogens (tertiary/aromatic N) is 3. The van der Waals surface area contributed by atoms with E-state index in [1.807, 2.05) is 0 Å². The van der Waals surface area contributed by atoms with Gasteiger partial charge in [0, 0.05) is 5.56 Å². The SMILES string of the molecule is N#[N+]c1c(O)n(C(=O)c2ccccc2)c2ccccc12. The summed E-state index contributed by atoms with van der Waals surface area (Å²) in [7, 11) is 0. The predicted molar refractivity (Wildman–Crippen MR) is 74.5 cm³/mol. The van der Waals surface area contributed by atoms with Crippen molar-refractivity contribution in [1.82, 2.24) is 4.57 Å². The van der Waals surface area contributed by atoms with Crippen LogP contribution in [0.15, 0.2) is 54.6 Å². The standard InChI is InChI=1S/C15H9N3O2/c16-17-13-11-8-4-5-9-12(11)18(15(13)20)14(19)10-6-2-1-3-7-10/h1-9H/p+1. The van der Waals surface area contributed by atoms with Crippen molar-refractivity contribution in [2.24, 2.45) is 0 Å². The minimum atomic E-state index is -0.380. The molecule has 0 unspecified atom stereocenters. The van der Waals surface area contributed by atoms with Gasteiger partial charge in [0.1, 0.15) is 5.39 Å². The summed E-state index contributed by atoms with van der Waals surface area (Å²) in [6, 6.07) is 15.5. The average molecular weight is 264 g/mol. The van der Waals surface area contributed by atoms with Crippen molar-refractivity contribution in [2.45, 2.75) is 0 Å². The van der Waals surface area contributed by atoms with Crippen molar-refractivity contribution in [3.8, 4) is 5.88 Å². The highest BCUT2D eigenvalue weighted by Crippen LogP contribution is 2.38. The number of carbonyl (C=O) groups is 1. The molecule has 1 N–H and O–H groups in total. The molecule has 0 amide bonds. The number of aromatic nitrogens is 1. The summed E-state index contributed by atoms with van der Waals surface area (Å²) in [5, 5.41) is 19.7. The van der Waals surface area contributed by atoms with Gasteiger partial charge < -0.3 is 5.11 Å². The second-order valence-corrected chi connectivity index (χ2v) is 4.30. The molecule has 1 heterocycles. The number of para-hydroxylation sites is 1. The van der Waals surface area contributed by atoms with E-state index >= 15 is 0 Å². The maximum Gasteiger partial charge on any atom is 0.453 e. The Morgan fingerprint density at radius 2 is 1.70 bits per heavy atom. The molecule has 2 aromatic carbocycles. The fourth-order valence-corrected chi connectivity index (χ4v) is 2.22. The lowest BCUT2D eigenvalue weighted by Gasteiger charge is -2.04. The van der Waals surface area contributed by atoms with Crippen molar-refractivity contribution < 1.29 is 9.90 Å². The van der Waals surface area contributed by atoms with Crippen LogP contribution in [-0.2, 0) is 0 Å². The van der Waals surface area contributed by atoms with Crippen molar-refractivity contribution in [3.05, 3.63) is 65.1 Å². The Hall–Kier alpha value is -3.13. The van der Waals surface area contributed by atoms with Crippen LogP contribution in [-0.4, -0.2) is 15.6 Å². The molecular weight excluding hydrogens is 254 g/mol. The second kappa shape index (κ2) is 4.52. The van der Waals surface area contributed by atoms with E-state index in [4.69, 9.17) is 5.39 Å². The third kappa shape index (κ3) is 1.63. The van der Waals surface area contributed by atoms with Crippen LogP contribution in [0.3, 0.4) is 0 Å². The summed E-state index contributed by atoms with van der Waals surface area (Å²) in [6.45, 7) is 0. The van der Waals surface area contributed by atoms with Crippen LogP contribution in [0.1, 0.15) is 10.4 Å². The first kappa shape index (κ1) is 11.9. The zero-order valence-corrected chi connectivity index (χ0v) is 10.4. The van der Waals surface area contributed by atoms with E-state index in [9.17, 15) is 9.90 Å². The number of diazo groups is 1. The Labute approximate surface area is 114 Å². The molecule has 5 nitrogen and oxygen atoms in total. The topological polar surface area (TPSA) is 70.4 Å². The number of hydrogen-bond acceptors (Lipinski definition) is 3. The molecule has 3 aromatic rings. The van der Waals surface area contributed by atoms with Crippen LogP contribution < -0.4 is 0 Å². The molecule has 96 valence electrons. The lowest BCUT2D eigenvalue weighted by atomic mass is 10.2. The molecule has 0 radical (unpaired) electrons. The Bertz CT molecular complexity index is 845. The Morgan fingerprint density at radius 1 is 1.05 bits per heavy atom. The number of aromatic hydroxyl groups is 1. The largest absolute Gasteiger partial charge is 0.488 e. The van der Waals surface area contributed by atoms with Gasteiger partial charge >= 0.3 is 5.69 Å². The van der Waals surface area contributed by atoms with E-state index in [0.29, 0.717) is 16.5 Å². The van der Waals surface area contributed by atoms with Crippen LogP contribution in [0.4, 0.5) is 5.69 Å². The van der Waals surface area contributed by atoms with Crippen molar-refractivity contribution in [2.75, 3.05) is 0 Å². The highest BCUT2D eigenvalue weighted by Gasteiger charge is 2.29. The normalized spacial score (nSPS) is 10.3. The summed E-state index contributed by atoms with van der Waals surface area (Å²) in [5.41, 5.74) is 0.921. The second-order valence-electron chi connectivity index (χ2n) is 4.30. The molecule has 0 aliphatic rings. The molecule has 0 saturated carbocycles. The zero-order valence-electron chi connectivity index (χ0n) is 10.4. The summed E-state index contributed by atoms with van der Waals surface area (Å²) in [5.74, 6) is -0.753. The number of rotatable bonds is 1. The third-order valence-electron chi connectivity index (χ3n) is 3.15. The highest BCUT2D eigenvalue weighted by atomic mass is 16.3. The van der Waals surface area contributed by atoms with Gasteiger partial charge in [-0.1, -0.05) is 30.3 Å². The maximum atomic E-state index is 12.5. The van der Waals surface area contributed by atoms with E-state index in [1.54, 1.807) is 54.6 Å². The molecule has 0 saturated heterocycles. The van der Waals surface area contributed by atoms with Gasteiger partial charge in [0.2, 0.25) is 5.39 Å². The van der Waals surface area contributed by atoms with Gasteiger partial charge in [-0.3, -0.25) is 4.79 Å². The first-order valence-corrected chi connectivity index (χ1v) is 6.01. The van der Waals surface area contributed by atoms with Crippen LogP contribution in [0, 0.1) is 5.39 Å². The lowest BCUT2D eigenvalue weighted by molar-refractivity contribution is 0.0957. The first-order valence-electron chi connectivity index (χ1n) is 6.01. The molecule has 0 atom stereocenters. The minimum absolute atomic E-state index is 0.00937. The molecule has 20 heavy (non-hydrogen) atoms. The smallest absolute Gasteiger partial charge is 0.453 e. The number of benzene rings is 2. The quantitative estimate of drug-likeness (QED) is 0.683. The molecule has 0 bridgehead atoms. The van der Waals surface area contributed by atoms with Gasteiger partial charge in [-0.25, -0.2) is 4.57 Å². The van der Waals surface area contributed by atoms with E-state index in [-0.39, 0.29) is 17.5 Å². The van der Waals surface area contributed by atoms with Gasteiger partial charge in [-0.05, 0) is 24.3 Å². The monoisotopic (exact) mass is 264 g/mol. The Morgan fingerprint density at radius 3 is 2.40 bits per heavy atom. The first-order chi connectivity index (χ1) is 9.74. The molecule has 0 aliphatic heterocycles. The van der Waals surface area contributed by atoms with Crippen LogP contribution in [0.25, 0.3) is 15.9 Å². The fraction of sp³-hybridized carbons (Fsp3) is 0. The number of fused-ring (bicyclic) bond motifs is 1. The van der Waals surface area contributed by atoms with Gasteiger partial charge in [0.05, 0.1) is 5.52 Å². The lowest BCUT2D eigenvalue weighted by Crippen LogP contribution is -2.10. The Balaban J connectivity index is 2.30. The molecule has 0 aliphatic carbocycles. The van der Waals surface area contributed by atoms with E-state index < -0.39 is 0 Å². The van der Waals surface area contributed by atoms with Crippen LogP contribution >= 0.6 is 0 Å². The predicted octanol–water partition coefficient (Wildman–Crippen LogP) is 3.52. The van der Waals surface area contributed by atoms with E-state index in [1.165, 1.54) is 0 Å². The molecule has 1 aromatic heterocycles. The van der Waals surface area contributed by atoms with Gasteiger partial charge in [-0.15, -0.1) is 0 Å². The summed E-state index contributed by atoms with van der Waals surface area (Å²) < 4.78 is 1.14. The fourth-order valence-electron chi connectivity index (χ4n) is 2.22. The van der Waals surface area contributed by atoms with Gasteiger partial charge in [-0.2, -0.15) is 0 Å². The van der Waals surface area contributed by atoms with Crippen LogP contribution in [0.5, 0.6) is 5.88 Å². The summed E-state index contributed by atoms with van der Waals surface area (Å²) in [4.78, 5) is 15.6. The van der Waals surface area contributed by atoms with Crippen molar-refractivity contribution in [1.29, 1.82) is 5.39 Å². The number of hydrogen-bond donors (Lipinski definition) is 1. The molecule has 3 rings (SSSR count). The Kier molecular flexibility index (Phi) is 2.70. The average Bonchev–Trinajstić information content (AvgIpc) is 2.79. The molecule has 0 fully saturated rings. The molecular formula is C15H10N3O2+. The van der Waals surface area contributed by atoms with Gasteiger partial charge in [0.15, 0.2) is 4.98 Å². The molecule has 0 spiro atoms. The van der Waals surface area contributed by atoms with Gasteiger partial charge in [0.25, 0.3) is 11.8 Å². The number of carbonyl (C=O) groups excluding carboxylic acids is 1. The van der Waals surface area contributed by atoms with Crippen LogP contribution in [0.2, 0.25) is 0 Å². The summed E-state index contributed by atoms with van der Waals surface area (Å²) in [6.07, 6.45) is 0. The van der Waals surface area contributed by atoms with Crippen molar-refractivity contribution in [3.63, 3.8) is 0 Å². The van der Waals surface area contributed by atoms with Crippen molar-refractivity contribution >= 4 is 22.5 Å². The van der Waals surface area contributed by atoms with E-state index in [2.05, 4.69) is 4.98 Å². The minimum Gasteiger partial charge on any atom is -0.488 e. The maximum absolute atomic E-state index is 12.5. The van der Waals surface area contributed by atoms with E-state index in [0.717, 1.165) is 4.57 Å². The third-order valence-corrected chi connectivity index (χ3v) is 3.15. The molecule has 5 heteroatoms. The summed E-state index contributed by atoms with van der Waals surface area (Å²) >= 11 is 0. The highest BCUT2D eigenvalue weighted by molar-refractivity contribution is 6.08.